The zero-order chi connectivity index (χ0) is 14.7. The molecule has 1 aromatic heterocycles. The number of amides is 1. The topological polar surface area (TPSA) is 54.5 Å². The highest BCUT2D eigenvalue weighted by Crippen LogP contribution is 2.21. The van der Waals surface area contributed by atoms with E-state index in [-0.39, 0.29) is 18.1 Å². The van der Waals surface area contributed by atoms with Crippen molar-refractivity contribution in [2.24, 2.45) is 0 Å². The van der Waals surface area contributed by atoms with Crippen molar-refractivity contribution in [3.63, 3.8) is 0 Å². The molecule has 3 rings (SSSR count). The number of nitrogens with zero attached hydrogens (tertiary/aromatic N) is 2. The lowest BCUT2D eigenvalue weighted by molar-refractivity contribution is -0.129. The summed E-state index contributed by atoms with van der Waals surface area (Å²) >= 11 is 0. The van der Waals surface area contributed by atoms with Crippen molar-refractivity contribution >= 4 is 5.91 Å². The molecule has 1 atom stereocenters. The number of pyridine rings is 1. The molecule has 3 heterocycles. The second-order valence-electron chi connectivity index (χ2n) is 5.60. The van der Waals surface area contributed by atoms with Gasteiger partial charge in [-0.1, -0.05) is 6.07 Å². The second-order valence-corrected chi connectivity index (χ2v) is 5.60. The van der Waals surface area contributed by atoms with Gasteiger partial charge in [-0.25, -0.2) is 0 Å². The molecule has 1 aromatic rings. The number of carbonyl (C=O) groups is 1. The molecule has 0 aromatic carbocycles. The summed E-state index contributed by atoms with van der Waals surface area (Å²) in [6.07, 6.45) is 3.69. The Labute approximate surface area is 123 Å². The number of hydrogen-bond donors (Lipinski definition) is 1. The summed E-state index contributed by atoms with van der Waals surface area (Å²) in [5.41, 5.74) is 0. The summed E-state index contributed by atoms with van der Waals surface area (Å²) in [7, 11) is 0. The Kier molecular flexibility index (Phi) is 4.34. The molecular weight excluding hydrogens is 273 g/mol. The van der Waals surface area contributed by atoms with E-state index >= 15 is 0 Å². The van der Waals surface area contributed by atoms with Gasteiger partial charge in [-0.15, -0.1) is 0 Å². The first kappa shape index (κ1) is 14.3. The lowest BCUT2D eigenvalue weighted by atomic mass is 10.00. The summed E-state index contributed by atoms with van der Waals surface area (Å²) < 4.78 is 18.7. The van der Waals surface area contributed by atoms with Crippen molar-refractivity contribution in [2.75, 3.05) is 19.6 Å². The largest absolute Gasteiger partial charge is 0.474 e. The molecule has 1 amide bonds. The molecule has 2 aliphatic heterocycles. The third-order valence-electron chi connectivity index (χ3n) is 4.15. The van der Waals surface area contributed by atoms with E-state index < -0.39 is 5.95 Å². The van der Waals surface area contributed by atoms with Gasteiger partial charge in [-0.3, -0.25) is 9.69 Å². The summed E-state index contributed by atoms with van der Waals surface area (Å²) in [6.45, 7) is 2.45. The molecule has 1 unspecified atom stereocenters. The van der Waals surface area contributed by atoms with Gasteiger partial charge < -0.3 is 10.1 Å². The first-order valence-corrected chi connectivity index (χ1v) is 7.53. The van der Waals surface area contributed by atoms with E-state index in [9.17, 15) is 9.18 Å². The molecule has 5 nitrogen and oxygen atoms in total. The SMILES string of the molecule is O=C1NCCCC1N1CCC(Oc2cccc(F)n2)CC1. The Balaban J connectivity index is 1.52. The van der Waals surface area contributed by atoms with Crippen molar-refractivity contribution in [1.82, 2.24) is 15.2 Å². The molecular formula is C15H20FN3O2. The lowest BCUT2D eigenvalue weighted by Crippen LogP contribution is -2.53. The Morgan fingerprint density at radius 2 is 2.10 bits per heavy atom. The van der Waals surface area contributed by atoms with Crippen LogP contribution >= 0.6 is 0 Å². The number of carbonyl (C=O) groups excluding carboxylic acids is 1. The highest BCUT2D eigenvalue weighted by Gasteiger charge is 2.31. The number of aromatic nitrogens is 1. The number of hydrogen-bond acceptors (Lipinski definition) is 4. The van der Waals surface area contributed by atoms with Gasteiger partial charge in [-0.05, 0) is 31.7 Å². The molecule has 2 fully saturated rings. The average Bonchev–Trinajstić information content (AvgIpc) is 2.49. The molecule has 0 saturated carbocycles. The second kappa shape index (κ2) is 6.39. The molecule has 114 valence electrons. The van der Waals surface area contributed by atoms with E-state index in [2.05, 4.69) is 15.2 Å². The van der Waals surface area contributed by atoms with Crippen LogP contribution in [0.5, 0.6) is 5.88 Å². The lowest BCUT2D eigenvalue weighted by Gasteiger charge is -2.38. The minimum atomic E-state index is -0.524. The molecule has 6 heteroatoms. The van der Waals surface area contributed by atoms with Crippen LogP contribution in [0.15, 0.2) is 18.2 Å². The molecule has 0 aliphatic carbocycles. The van der Waals surface area contributed by atoms with Crippen LogP contribution in [0.2, 0.25) is 0 Å². The van der Waals surface area contributed by atoms with Crippen LogP contribution in [0.4, 0.5) is 4.39 Å². The van der Waals surface area contributed by atoms with Crippen molar-refractivity contribution in [1.29, 1.82) is 0 Å². The maximum atomic E-state index is 13.0. The zero-order valence-electron chi connectivity index (χ0n) is 11.9. The predicted octanol–water partition coefficient (Wildman–Crippen LogP) is 1.34. The van der Waals surface area contributed by atoms with Crippen LogP contribution < -0.4 is 10.1 Å². The fourth-order valence-electron chi connectivity index (χ4n) is 3.04. The van der Waals surface area contributed by atoms with Crippen LogP contribution in [0.25, 0.3) is 0 Å². The molecule has 0 bridgehead atoms. The molecule has 21 heavy (non-hydrogen) atoms. The molecule has 2 aliphatic rings. The van der Waals surface area contributed by atoms with Crippen molar-refractivity contribution in [2.45, 2.75) is 37.8 Å². The Morgan fingerprint density at radius 1 is 1.29 bits per heavy atom. The first-order chi connectivity index (χ1) is 10.2. The standard InChI is InChI=1S/C15H20FN3O2/c16-13-4-1-5-14(18-13)21-11-6-9-19(10-7-11)12-3-2-8-17-15(12)20/h1,4-5,11-12H,2-3,6-10H2,(H,17,20). The van der Waals surface area contributed by atoms with E-state index in [1.54, 1.807) is 12.1 Å². The minimum absolute atomic E-state index is 0.00648. The third kappa shape index (κ3) is 3.50. The van der Waals surface area contributed by atoms with Gasteiger partial charge in [0.05, 0.1) is 6.04 Å². The van der Waals surface area contributed by atoms with Crippen molar-refractivity contribution in [3.8, 4) is 5.88 Å². The monoisotopic (exact) mass is 293 g/mol. The van der Waals surface area contributed by atoms with Gasteiger partial charge in [0.15, 0.2) is 0 Å². The highest BCUT2D eigenvalue weighted by atomic mass is 19.1. The third-order valence-corrected chi connectivity index (χ3v) is 4.15. The maximum Gasteiger partial charge on any atom is 0.237 e. The molecule has 0 radical (unpaired) electrons. The van der Waals surface area contributed by atoms with Gasteiger partial charge in [0.1, 0.15) is 6.10 Å². The summed E-state index contributed by atoms with van der Waals surface area (Å²) in [5, 5.41) is 2.92. The van der Waals surface area contributed by atoms with Crippen LogP contribution in [0.1, 0.15) is 25.7 Å². The summed E-state index contributed by atoms with van der Waals surface area (Å²) in [6, 6.07) is 4.58. The van der Waals surface area contributed by atoms with E-state index in [4.69, 9.17) is 4.74 Å². The predicted molar refractivity (Wildman–Crippen MR) is 75.4 cm³/mol. The summed E-state index contributed by atoms with van der Waals surface area (Å²) in [4.78, 5) is 17.8. The number of rotatable bonds is 3. The fourth-order valence-corrected chi connectivity index (χ4v) is 3.04. The van der Waals surface area contributed by atoms with Gasteiger partial charge in [0.2, 0.25) is 17.7 Å². The van der Waals surface area contributed by atoms with E-state index in [1.165, 1.54) is 6.07 Å². The highest BCUT2D eigenvalue weighted by molar-refractivity contribution is 5.82. The molecule has 0 spiro atoms. The maximum absolute atomic E-state index is 13.0. The van der Waals surface area contributed by atoms with Crippen molar-refractivity contribution < 1.29 is 13.9 Å². The van der Waals surface area contributed by atoms with E-state index in [1.807, 2.05) is 0 Å². The quantitative estimate of drug-likeness (QED) is 0.855. The van der Waals surface area contributed by atoms with Gasteiger partial charge in [0.25, 0.3) is 0 Å². The van der Waals surface area contributed by atoms with Gasteiger partial charge in [-0.2, -0.15) is 9.37 Å². The van der Waals surface area contributed by atoms with Crippen LogP contribution in [0.3, 0.4) is 0 Å². The zero-order valence-corrected chi connectivity index (χ0v) is 11.9. The smallest absolute Gasteiger partial charge is 0.237 e. The van der Waals surface area contributed by atoms with Crippen LogP contribution in [-0.2, 0) is 4.79 Å². The Bertz CT molecular complexity index is 503. The fraction of sp³-hybridized carbons (Fsp3) is 0.600. The number of piperidine rings is 2. The average molecular weight is 293 g/mol. The van der Waals surface area contributed by atoms with Gasteiger partial charge in [0, 0.05) is 25.7 Å². The number of likely N-dealkylation sites (tertiary alicyclic amines) is 1. The normalized spacial score (nSPS) is 24.6. The number of ether oxygens (including phenoxy) is 1. The molecule has 2 saturated heterocycles. The number of halogens is 1. The first-order valence-electron chi connectivity index (χ1n) is 7.53. The number of nitrogens with one attached hydrogen (secondary N) is 1. The Hall–Kier alpha value is -1.69. The summed E-state index contributed by atoms with van der Waals surface area (Å²) in [5.74, 6) is -0.0416. The minimum Gasteiger partial charge on any atom is -0.474 e. The van der Waals surface area contributed by atoms with Crippen LogP contribution in [-0.4, -0.2) is 47.6 Å². The van der Waals surface area contributed by atoms with Gasteiger partial charge >= 0.3 is 0 Å². The Morgan fingerprint density at radius 3 is 2.81 bits per heavy atom. The molecule has 1 N–H and O–H groups in total. The van der Waals surface area contributed by atoms with E-state index in [0.29, 0.717) is 5.88 Å². The van der Waals surface area contributed by atoms with Crippen molar-refractivity contribution in [3.05, 3.63) is 24.1 Å². The van der Waals surface area contributed by atoms with Crippen LogP contribution in [0, 0.1) is 5.95 Å². The van der Waals surface area contributed by atoms with E-state index in [0.717, 1.165) is 45.3 Å².